The van der Waals surface area contributed by atoms with Crippen LogP contribution in [0.1, 0.15) is 11.1 Å². The number of carbonyl (C=O) groups is 2. The van der Waals surface area contributed by atoms with Gasteiger partial charge < -0.3 is 10.2 Å². The Morgan fingerprint density at radius 3 is 1.23 bits per heavy atom. The SMILES string of the molecule is C(=Cc1ccccc1)c1ccccc1.O=C(O)C=CC(=O)O. The third-order valence-corrected chi connectivity index (χ3v) is 2.44. The fourth-order valence-corrected chi connectivity index (χ4v) is 1.46. The lowest BCUT2D eigenvalue weighted by atomic mass is 10.1. The van der Waals surface area contributed by atoms with E-state index in [9.17, 15) is 9.59 Å². The maximum absolute atomic E-state index is 9.55. The summed E-state index contributed by atoms with van der Waals surface area (Å²) in [5, 5.41) is 15.6. The normalized spacial score (nSPS) is 10.2. The predicted molar refractivity (Wildman–Crippen MR) is 86.2 cm³/mol. The Bertz CT molecular complexity index is 586. The van der Waals surface area contributed by atoms with Gasteiger partial charge in [0.05, 0.1) is 0 Å². The zero-order valence-corrected chi connectivity index (χ0v) is 11.8. The monoisotopic (exact) mass is 296 g/mol. The molecule has 0 saturated carbocycles. The zero-order chi connectivity index (χ0) is 16.2. The van der Waals surface area contributed by atoms with E-state index in [1.165, 1.54) is 11.1 Å². The highest BCUT2D eigenvalue weighted by Crippen LogP contribution is 2.06. The van der Waals surface area contributed by atoms with Crippen molar-refractivity contribution in [2.24, 2.45) is 0 Å². The van der Waals surface area contributed by atoms with Crippen molar-refractivity contribution in [1.29, 1.82) is 0 Å². The molecule has 2 aromatic rings. The summed E-state index contributed by atoms with van der Waals surface area (Å²) in [7, 11) is 0. The number of benzene rings is 2. The number of aliphatic carboxylic acids is 2. The smallest absolute Gasteiger partial charge is 0.328 e. The lowest BCUT2D eigenvalue weighted by molar-refractivity contribution is -0.134. The minimum atomic E-state index is -1.26. The van der Waals surface area contributed by atoms with Gasteiger partial charge in [-0.3, -0.25) is 0 Å². The first kappa shape index (κ1) is 16.9. The average Bonchev–Trinajstić information content (AvgIpc) is 2.54. The molecule has 4 heteroatoms. The number of hydrogen-bond donors (Lipinski definition) is 2. The molecule has 4 nitrogen and oxygen atoms in total. The van der Waals surface area contributed by atoms with Gasteiger partial charge in [-0.25, -0.2) is 9.59 Å². The van der Waals surface area contributed by atoms with Gasteiger partial charge >= 0.3 is 11.9 Å². The molecule has 0 aromatic heterocycles. The molecular weight excluding hydrogens is 280 g/mol. The largest absolute Gasteiger partial charge is 0.478 e. The van der Waals surface area contributed by atoms with Crippen LogP contribution in [0.3, 0.4) is 0 Å². The fraction of sp³-hybridized carbons (Fsp3) is 0. The highest BCUT2D eigenvalue weighted by atomic mass is 16.4. The Labute approximate surface area is 128 Å². The highest BCUT2D eigenvalue weighted by Gasteiger charge is 1.88. The first-order chi connectivity index (χ1) is 10.6. The summed E-state index contributed by atoms with van der Waals surface area (Å²) in [4.78, 5) is 19.1. The molecule has 0 amide bonds. The minimum absolute atomic E-state index is 0.558. The summed E-state index contributed by atoms with van der Waals surface area (Å²) in [6.07, 6.45) is 5.36. The summed E-state index contributed by atoms with van der Waals surface area (Å²) in [5.74, 6) is -2.51. The van der Waals surface area contributed by atoms with Crippen LogP contribution in [0.25, 0.3) is 12.2 Å². The molecule has 0 aliphatic carbocycles. The van der Waals surface area contributed by atoms with Crippen LogP contribution >= 0.6 is 0 Å². The van der Waals surface area contributed by atoms with Crippen molar-refractivity contribution in [3.8, 4) is 0 Å². The molecule has 22 heavy (non-hydrogen) atoms. The van der Waals surface area contributed by atoms with E-state index in [2.05, 4.69) is 36.4 Å². The van der Waals surface area contributed by atoms with Gasteiger partial charge in [-0.05, 0) is 11.1 Å². The van der Waals surface area contributed by atoms with E-state index in [0.29, 0.717) is 12.2 Å². The topological polar surface area (TPSA) is 74.6 Å². The van der Waals surface area contributed by atoms with E-state index in [1.807, 2.05) is 36.4 Å². The van der Waals surface area contributed by atoms with Crippen LogP contribution in [0, 0.1) is 0 Å². The third kappa shape index (κ3) is 8.12. The second kappa shape index (κ2) is 9.72. The minimum Gasteiger partial charge on any atom is -0.478 e. The molecule has 0 unspecified atom stereocenters. The molecule has 0 spiro atoms. The zero-order valence-electron chi connectivity index (χ0n) is 11.8. The number of hydrogen-bond acceptors (Lipinski definition) is 2. The Hall–Kier alpha value is -3.14. The summed E-state index contributed by atoms with van der Waals surface area (Å²) >= 11 is 0. The van der Waals surface area contributed by atoms with E-state index in [-0.39, 0.29) is 0 Å². The van der Waals surface area contributed by atoms with Crippen molar-refractivity contribution in [3.63, 3.8) is 0 Å². The summed E-state index contributed by atoms with van der Waals surface area (Å²) in [6, 6.07) is 20.6. The molecule has 0 atom stereocenters. The average molecular weight is 296 g/mol. The summed E-state index contributed by atoms with van der Waals surface area (Å²) in [6.45, 7) is 0. The molecule has 2 N–H and O–H groups in total. The Balaban J connectivity index is 0.000000261. The first-order valence-electron chi connectivity index (χ1n) is 6.50. The van der Waals surface area contributed by atoms with Crippen molar-refractivity contribution in [3.05, 3.63) is 83.9 Å². The van der Waals surface area contributed by atoms with Gasteiger partial charge in [0.2, 0.25) is 0 Å². The van der Waals surface area contributed by atoms with Gasteiger partial charge in [-0.2, -0.15) is 0 Å². The second-order valence-electron chi connectivity index (χ2n) is 4.16. The van der Waals surface area contributed by atoms with Gasteiger partial charge in [-0.1, -0.05) is 72.8 Å². The van der Waals surface area contributed by atoms with E-state index in [1.54, 1.807) is 0 Å². The molecule has 0 heterocycles. The Morgan fingerprint density at radius 1 is 0.636 bits per heavy atom. The maximum Gasteiger partial charge on any atom is 0.328 e. The quantitative estimate of drug-likeness (QED) is 0.668. The lowest BCUT2D eigenvalue weighted by Crippen LogP contribution is -1.91. The Morgan fingerprint density at radius 2 is 0.955 bits per heavy atom. The van der Waals surface area contributed by atoms with Crippen molar-refractivity contribution in [2.75, 3.05) is 0 Å². The van der Waals surface area contributed by atoms with Gasteiger partial charge in [0.15, 0.2) is 0 Å². The molecule has 0 aliphatic rings. The summed E-state index contributed by atoms with van der Waals surface area (Å²) < 4.78 is 0. The van der Waals surface area contributed by atoms with Crippen LogP contribution < -0.4 is 0 Å². The van der Waals surface area contributed by atoms with Crippen molar-refractivity contribution < 1.29 is 19.8 Å². The van der Waals surface area contributed by atoms with E-state index in [0.717, 1.165) is 0 Å². The van der Waals surface area contributed by atoms with Crippen LogP contribution in [0.5, 0.6) is 0 Å². The van der Waals surface area contributed by atoms with Crippen molar-refractivity contribution in [1.82, 2.24) is 0 Å². The third-order valence-electron chi connectivity index (χ3n) is 2.44. The van der Waals surface area contributed by atoms with Gasteiger partial charge in [0.1, 0.15) is 0 Å². The van der Waals surface area contributed by atoms with Crippen molar-refractivity contribution in [2.45, 2.75) is 0 Å². The molecule has 2 aromatic carbocycles. The molecule has 0 radical (unpaired) electrons. The molecule has 112 valence electrons. The van der Waals surface area contributed by atoms with Crippen LogP contribution in [0.4, 0.5) is 0 Å². The van der Waals surface area contributed by atoms with Crippen LogP contribution in [0.15, 0.2) is 72.8 Å². The highest BCUT2D eigenvalue weighted by molar-refractivity contribution is 5.89. The number of carboxylic acid groups (broad SMARTS) is 2. The second-order valence-corrected chi connectivity index (χ2v) is 4.16. The molecule has 0 bridgehead atoms. The van der Waals surface area contributed by atoms with Crippen LogP contribution in [0.2, 0.25) is 0 Å². The molecule has 2 rings (SSSR count). The predicted octanol–water partition coefficient (Wildman–Crippen LogP) is 3.57. The molecule has 0 fully saturated rings. The van der Waals surface area contributed by atoms with Crippen molar-refractivity contribution >= 4 is 24.1 Å². The number of carboxylic acids is 2. The van der Waals surface area contributed by atoms with Gasteiger partial charge in [0.25, 0.3) is 0 Å². The first-order valence-corrected chi connectivity index (χ1v) is 6.50. The standard InChI is InChI=1S/C14H12.C4H4O4/c1-3-7-13(8-4-1)11-12-14-9-5-2-6-10-14;5-3(6)1-2-4(7)8/h1-12H;1-2H,(H,5,6)(H,7,8). The number of rotatable bonds is 4. The summed E-state index contributed by atoms with van der Waals surface area (Å²) in [5.41, 5.74) is 2.47. The van der Waals surface area contributed by atoms with E-state index >= 15 is 0 Å². The molecular formula is C18H16O4. The van der Waals surface area contributed by atoms with Crippen LogP contribution in [-0.2, 0) is 9.59 Å². The molecule has 0 aliphatic heterocycles. The van der Waals surface area contributed by atoms with Gasteiger partial charge in [0, 0.05) is 12.2 Å². The van der Waals surface area contributed by atoms with E-state index < -0.39 is 11.9 Å². The van der Waals surface area contributed by atoms with Gasteiger partial charge in [-0.15, -0.1) is 0 Å². The lowest BCUT2D eigenvalue weighted by Gasteiger charge is -1.92. The maximum atomic E-state index is 9.55. The molecule has 0 saturated heterocycles. The Kier molecular flexibility index (Phi) is 7.47. The van der Waals surface area contributed by atoms with Crippen LogP contribution in [-0.4, -0.2) is 22.2 Å². The fourth-order valence-electron chi connectivity index (χ4n) is 1.46. The van der Waals surface area contributed by atoms with E-state index in [4.69, 9.17) is 10.2 Å².